The van der Waals surface area contributed by atoms with E-state index in [1.165, 1.54) is 12.1 Å². The molecule has 1 spiro atoms. The van der Waals surface area contributed by atoms with Gasteiger partial charge in [-0.05, 0) is 49.6 Å². The fourth-order valence-corrected chi connectivity index (χ4v) is 4.54. The molecular formula is C22H23F4NO2. The normalized spacial score (nSPS) is 27.3. The van der Waals surface area contributed by atoms with Crippen molar-refractivity contribution in [3.8, 4) is 5.75 Å². The van der Waals surface area contributed by atoms with Gasteiger partial charge >= 0.3 is 6.18 Å². The van der Waals surface area contributed by atoms with Gasteiger partial charge in [0.05, 0.1) is 18.2 Å². The SMILES string of the molecule is Fc1ccc(OCC(F)(F)F)c([C@@H]2CO[C@]3(CCCN[C@H]3c3ccccc3)C2)c1. The molecule has 156 valence electrons. The second kappa shape index (κ2) is 7.95. The quantitative estimate of drug-likeness (QED) is 0.710. The third kappa shape index (κ3) is 4.41. The van der Waals surface area contributed by atoms with E-state index >= 15 is 0 Å². The molecule has 0 unspecified atom stereocenters. The third-order valence-electron chi connectivity index (χ3n) is 5.75. The Hall–Kier alpha value is -2.12. The lowest BCUT2D eigenvalue weighted by Crippen LogP contribution is -2.48. The van der Waals surface area contributed by atoms with E-state index < -0.39 is 24.2 Å². The topological polar surface area (TPSA) is 30.5 Å². The lowest BCUT2D eigenvalue weighted by atomic mass is 9.77. The molecule has 0 aliphatic carbocycles. The summed E-state index contributed by atoms with van der Waals surface area (Å²) in [6.45, 7) is -0.218. The maximum absolute atomic E-state index is 13.9. The number of piperidine rings is 1. The maximum atomic E-state index is 13.9. The molecule has 1 N–H and O–H groups in total. The first-order valence-electron chi connectivity index (χ1n) is 9.78. The molecule has 2 aliphatic heterocycles. The molecule has 2 aromatic rings. The first-order chi connectivity index (χ1) is 13.9. The highest BCUT2D eigenvalue weighted by atomic mass is 19.4. The van der Waals surface area contributed by atoms with Crippen LogP contribution >= 0.6 is 0 Å². The minimum atomic E-state index is -4.45. The Morgan fingerprint density at radius 1 is 1.14 bits per heavy atom. The van der Waals surface area contributed by atoms with Gasteiger partial charge in [0, 0.05) is 11.5 Å². The first-order valence-corrected chi connectivity index (χ1v) is 9.78. The number of halogens is 4. The lowest BCUT2D eigenvalue weighted by Gasteiger charge is -2.41. The standard InChI is InChI=1S/C22H23F4NO2/c23-17-7-8-19(28-14-22(24,25)26)18(11-17)16-12-21(29-13-16)9-4-10-27-20(21)15-5-2-1-3-6-15/h1-3,5-8,11,16,20,27H,4,9-10,12-14H2/t16-,20-,21+/m0/s1. The van der Waals surface area contributed by atoms with Crippen LogP contribution in [0.2, 0.25) is 0 Å². The Morgan fingerprint density at radius 3 is 2.69 bits per heavy atom. The van der Waals surface area contributed by atoms with Crippen molar-refractivity contribution < 1.29 is 27.0 Å². The largest absolute Gasteiger partial charge is 0.484 e. The summed E-state index contributed by atoms with van der Waals surface area (Å²) in [7, 11) is 0. The van der Waals surface area contributed by atoms with Crippen LogP contribution in [-0.2, 0) is 4.74 Å². The van der Waals surface area contributed by atoms with Gasteiger partial charge in [0.25, 0.3) is 0 Å². The molecule has 2 aromatic carbocycles. The number of nitrogens with one attached hydrogen (secondary N) is 1. The summed E-state index contributed by atoms with van der Waals surface area (Å²) in [4.78, 5) is 0. The number of ether oxygens (including phenoxy) is 2. The predicted molar refractivity (Wildman–Crippen MR) is 100 cm³/mol. The van der Waals surface area contributed by atoms with Gasteiger partial charge in [-0.25, -0.2) is 4.39 Å². The van der Waals surface area contributed by atoms with E-state index in [4.69, 9.17) is 9.47 Å². The van der Waals surface area contributed by atoms with Crippen LogP contribution in [0.25, 0.3) is 0 Å². The molecule has 2 heterocycles. The molecule has 0 saturated carbocycles. The molecule has 29 heavy (non-hydrogen) atoms. The molecule has 0 bridgehead atoms. The fourth-order valence-electron chi connectivity index (χ4n) is 4.54. The zero-order chi connectivity index (χ0) is 20.5. The van der Waals surface area contributed by atoms with Crippen LogP contribution < -0.4 is 10.1 Å². The van der Waals surface area contributed by atoms with Crippen LogP contribution in [0.4, 0.5) is 17.6 Å². The molecule has 4 rings (SSSR count). The second-order valence-corrected chi connectivity index (χ2v) is 7.76. The van der Waals surface area contributed by atoms with Gasteiger partial charge < -0.3 is 14.8 Å². The van der Waals surface area contributed by atoms with Crippen LogP contribution in [0.3, 0.4) is 0 Å². The van der Waals surface area contributed by atoms with Gasteiger partial charge in [0.1, 0.15) is 11.6 Å². The van der Waals surface area contributed by atoms with Crippen molar-refractivity contribution in [1.29, 1.82) is 0 Å². The highest BCUT2D eigenvalue weighted by Crippen LogP contribution is 2.49. The van der Waals surface area contributed by atoms with Crippen LogP contribution in [0, 0.1) is 5.82 Å². The second-order valence-electron chi connectivity index (χ2n) is 7.76. The Bertz CT molecular complexity index is 842. The predicted octanol–water partition coefficient (Wildman–Crippen LogP) is 5.13. The number of hydrogen-bond donors (Lipinski definition) is 1. The van der Waals surface area contributed by atoms with Crippen LogP contribution in [0.5, 0.6) is 5.75 Å². The van der Waals surface area contributed by atoms with Gasteiger partial charge in [0.2, 0.25) is 0 Å². The van der Waals surface area contributed by atoms with Crippen LogP contribution in [0.1, 0.15) is 42.3 Å². The van der Waals surface area contributed by atoms with Gasteiger partial charge in [0.15, 0.2) is 6.61 Å². The summed E-state index contributed by atoms with van der Waals surface area (Å²) in [5.74, 6) is -0.670. The van der Waals surface area contributed by atoms with E-state index in [1.54, 1.807) is 0 Å². The van der Waals surface area contributed by atoms with Crippen molar-refractivity contribution in [2.24, 2.45) is 0 Å². The molecule has 0 amide bonds. The lowest BCUT2D eigenvalue weighted by molar-refractivity contribution is -0.153. The van der Waals surface area contributed by atoms with Gasteiger partial charge in [-0.2, -0.15) is 13.2 Å². The zero-order valence-electron chi connectivity index (χ0n) is 15.8. The summed E-state index contributed by atoms with van der Waals surface area (Å²) in [6, 6.07) is 13.6. The number of benzene rings is 2. The Kier molecular flexibility index (Phi) is 5.53. The van der Waals surface area contributed by atoms with Crippen LogP contribution in [0.15, 0.2) is 48.5 Å². The monoisotopic (exact) mass is 409 g/mol. The average Bonchev–Trinajstić information content (AvgIpc) is 3.11. The van der Waals surface area contributed by atoms with E-state index in [-0.39, 0.29) is 17.7 Å². The van der Waals surface area contributed by atoms with E-state index in [2.05, 4.69) is 5.32 Å². The van der Waals surface area contributed by atoms with Crippen molar-refractivity contribution in [1.82, 2.24) is 5.32 Å². The highest BCUT2D eigenvalue weighted by molar-refractivity contribution is 5.38. The molecule has 2 fully saturated rings. The van der Waals surface area contributed by atoms with Gasteiger partial charge in [-0.3, -0.25) is 0 Å². The van der Waals surface area contributed by atoms with Crippen molar-refractivity contribution in [2.75, 3.05) is 19.8 Å². The summed E-state index contributed by atoms with van der Waals surface area (Å²) in [5.41, 5.74) is 1.07. The molecule has 0 radical (unpaired) electrons. The smallest absolute Gasteiger partial charge is 0.422 e. The van der Waals surface area contributed by atoms with E-state index in [9.17, 15) is 17.6 Å². The molecule has 2 saturated heterocycles. The van der Waals surface area contributed by atoms with Crippen molar-refractivity contribution in [3.05, 3.63) is 65.5 Å². The number of hydrogen-bond acceptors (Lipinski definition) is 3. The van der Waals surface area contributed by atoms with Crippen molar-refractivity contribution in [2.45, 2.75) is 43.0 Å². The Balaban J connectivity index is 1.60. The molecule has 7 heteroatoms. The molecule has 3 atom stereocenters. The van der Waals surface area contributed by atoms with Crippen molar-refractivity contribution in [3.63, 3.8) is 0 Å². The van der Waals surface area contributed by atoms with Crippen LogP contribution in [-0.4, -0.2) is 31.5 Å². The number of rotatable bonds is 4. The average molecular weight is 409 g/mol. The fraction of sp³-hybridized carbons (Fsp3) is 0.455. The van der Waals surface area contributed by atoms with E-state index in [1.807, 2.05) is 30.3 Å². The highest BCUT2D eigenvalue weighted by Gasteiger charge is 2.49. The molecule has 0 aromatic heterocycles. The molecule has 3 nitrogen and oxygen atoms in total. The van der Waals surface area contributed by atoms with E-state index in [0.29, 0.717) is 18.6 Å². The van der Waals surface area contributed by atoms with Gasteiger partial charge in [-0.15, -0.1) is 0 Å². The molecular weight excluding hydrogens is 386 g/mol. The molecule has 2 aliphatic rings. The zero-order valence-corrected chi connectivity index (χ0v) is 15.8. The third-order valence-corrected chi connectivity index (χ3v) is 5.75. The first kappa shape index (κ1) is 20.2. The summed E-state index contributed by atoms with van der Waals surface area (Å²) < 4.78 is 63.1. The maximum Gasteiger partial charge on any atom is 0.422 e. The summed E-state index contributed by atoms with van der Waals surface area (Å²) in [6.07, 6.45) is -2.09. The Labute approximate surface area is 167 Å². The Morgan fingerprint density at radius 2 is 1.93 bits per heavy atom. The van der Waals surface area contributed by atoms with E-state index in [0.717, 1.165) is 31.0 Å². The number of alkyl halides is 3. The minimum absolute atomic E-state index is 0.0180. The summed E-state index contributed by atoms with van der Waals surface area (Å²) in [5, 5.41) is 3.53. The van der Waals surface area contributed by atoms with Crippen molar-refractivity contribution >= 4 is 0 Å². The minimum Gasteiger partial charge on any atom is -0.484 e. The summed E-state index contributed by atoms with van der Waals surface area (Å²) >= 11 is 0. The van der Waals surface area contributed by atoms with Gasteiger partial charge in [-0.1, -0.05) is 30.3 Å².